The summed E-state index contributed by atoms with van der Waals surface area (Å²) in [4.78, 5) is 11.2. The van der Waals surface area contributed by atoms with Crippen LogP contribution in [0, 0.1) is 5.82 Å². The molecule has 0 saturated carbocycles. The summed E-state index contributed by atoms with van der Waals surface area (Å²) in [6.45, 7) is 3.67. The van der Waals surface area contributed by atoms with Crippen molar-refractivity contribution in [3.63, 3.8) is 0 Å². The lowest BCUT2D eigenvalue weighted by atomic mass is 10.1. The number of hydrogen-bond acceptors (Lipinski definition) is 8. The van der Waals surface area contributed by atoms with Crippen LogP contribution < -0.4 is 16.0 Å². The van der Waals surface area contributed by atoms with Crippen LogP contribution in [0.3, 0.4) is 0 Å². The Balaban J connectivity index is 1.15. The van der Waals surface area contributed by atoms with Crippen LogP contribution in [0.25, 0.3) is 22.0 Å². The topological polar surface area (TPSA) is 127 Å². The Morgan fingerprint density at radius 2 is 1.98 bits per heavy atom. The lowest BCUT2D eigenvalue weighted by Gasteiger charge is -2.32. The summed E-state index contributed by atoms with van der Waals surface area (Å²) in [5.41, 5.74) is 6.15. The van der Waals surface area contributed by atoms with E-state index in [-0.39, 0.29) is 17.7 Å². The third-order valence-corrected chi connectivity index (χ3v) is 8.92. The highest BCUT2D eigenvalue weighted by Gasteiger charge is 2.22. The van der Waals surface area contributed by atoms with Gasteiger partial charge in [0.05, 0.1) is 29.5 Å². The second-order valence-corrected chi connectivity index (χ2v) is 13.8. The minimum absolute atomic E-state index is 0.0204. The van der Waals surface area contributed by atoms with Crippen LogP contribution in [0.5, 0.6) is 0 Å². The van der Waals surface area contributed by atoms with Crippen LogP contribution in [0.4, 0.5) is 21.6 Å². The van der Waals surface area contributed by atoms with Crippen molar-refractivity contribution in [2.75, 3.05) is 48.9 Å². The number of rotatable bonds is 12. The highest BCUT2D eigenvalue weighted by molar-refractivity contribution is 7.90. The quantitative estimate of drug-likeness (QED) is 0.177. The largest absolute Gasteiger partial charge is 0.380 e. The molecule has 0 aliphatic carbocycles. The molecule has 2 aromatic heterocycles. The van der Waals surface area contributed by atoms with Crippen LogP contribution in [0.2, 0.25) is 0 Å². The number of morpholine rings is 1. The van der Waals surface area contributed by atoms with Gasteiger partial charge in [0.1, 0.15) is 27.8 Å². The first-order chi connectivity index (χ1) is 22.2. The van der Waals surface area contributed by atoms with E-state index in [1.54, 1.807) is 6.07 Å². The average Bonchev–Trinajstić information content (AvgIpc) is 3.51. The fourth-order valence-corrected chi connectivity index (χ4v) is 6.20. The number of benzene rings is 3. The maximum atomic E-state index is 13.6. The number of anilines is 3. The molecule has 0 radical (unpaired) electrons. The highest BCUT2D eigenvalue weighted by atomic mass is 32.2. The Kier molecular flexibility index (Phi) is 9.38. The smallest absolute Gasteiger partial charge is 0.169 e. The lowest BCUT2D eigenvalue weighted by molar-refractivity contribution is -0.104. The first kappa shape index (κ1) is 31.3. The van der Waals surface area contributed by atoms with E-state index in [1.807, 2.05) is 42.6 Å². The molecular weight excluding hydrogens is 605 g/mol. The van der Waals surface area contributed by atoms with Crippen molar-refractivity contribution in [1.29, 1.82) is 0 Å². The van der Waals surface area contributed by atoms with Crippen molar-refractivity contribution in [1.82, 2.24) is 19.4 Å². The van der Waals surface area contributed by atoms with Gasteiger partial charge in [-0.05, 0) is 65.2 Å². The molecule has 4 N–H and O–H groups in total. The predicted octanol–water partition coefficient (Wildman–Crippen LogP) is 3.52. The van der Waals surface area contributed by atoms with Gasteiger partial charge in [0.15, 0.2) is 6.21 Å². The number of nitrogens with one attached hydrogen (secondary N) is 2. The Labute approximate surface area is 267 Å². The number of fused-ring (bicyclic) bond motifs is 1. The summed E-state index contributed by atoms with van der Waals surface area (Å²) >= 11 is 0. The molecule has 1 aliphatic rings. The summed E-state index contributed by atoms with van der Waals surface area (Å²) < 4.78 is 44.9. The first-order valence-electron chi connectivity index (χ1n) is 15.1. The monoisotopic (exact) mass is 642 g/mol. The molecule has 0 amide bonds. The Hall–Kier alpha value is -4.65. The van der Waals surface area contributed by atoms with E-state index >= 15 is 0 Å². The van der Waals surface area contributed by atoms with E-state index in [0.717, 1.165) is 51.1 Å². The van der Waals surface area contributed by atoms with Gasteiger partial charge in [0.25, 0.3) is 0 Å². The molecule has 238 valence electrons. The summed E-state index contributed by atoms with van der Waals surface area (Å²) in [5, 5.41) is 13.6. The number of hydrogen-bond donors (Lipinski definition) is 3. The number of aromatic nitrogens is 3. The van der Waals surface area contributed by atoms with Crippen molar-refractivity contribution in [3.8, 4) is 11.1 Å². The molecule has 46 heavy (non-hydrogen) atoms. The normalized spacial score (nSPS) is 15.6. The van der Waals surface area contributed by atoms with Crippen LogP contribution in [-0.2, 0) is 27.7 Å². The molecule has 1 atom stereocenters. The number of nitrogens with zero attached hydrogens (tertiary/aromatic N) is 4. The Morgan fingerprint density at radius 3 is 2.80 bits per heavy atom. The van der Waals surface area contributed by atoms with Gasteiger partial charge in [-0.2, -0.15) is 0 Å². The van der Waals surface area contributed by atoms with Crippen LogP contribution in [0.1, 0.15) is 11.1 Å². The SMILES string of the molecule is CS(=O)(=O)CCN1CCOC(Cn2ccc(-c3ccc4ncnc(Nc5ccc(NCc6cccc(F)c6)c(C=[NH2+])c5)c4c3)c2)C1. The predicted molar refractivity (Wildman–Crippen MR) is 179 cm³/mol. The summed E-state index contributed by atoms with van der Waals surface area (Å²) in [6, 6.07) is 20.5. The van der Waals surface area contributed by atoms with Gasteiger partial charge < -0.3 is 19.9 Å². The summed E-state index contributed by atoms with van der Waals surface area (Å²) in [6.07, 6.45) is 8.45. The molecule has 6 rings (SSSR count). The summed E-state index contributed by atoms with van der Waals surface area (Å²) in [5.74, 6) is 0.552. The molecule has 10 nitrogen and oxygen atoms in total. The van der Waals surface area contributed by atoms with E-state index in [1.165, 1.54) is 30.9 Å². The van der Waals surface area contributed by atoms with E-state index in [2.05, 4.69) is 48.4 Å². The van der Waals surface area contributed by atoms with Gasteiger partial charge in [-0.1, -0.05) is 18.2 Å². The molecule has 1 saturated heterocycles. The molecule has 12 heteroatoms. The molecule has 1 unspecified atom stereocenters. The lowest BCUT2D eigenvalue weighted by Crippen LogP contribution is -2.45. The van der Waals surface area contributed by atoms with Crippen molar-refractivity contribution in [3.05, 3.63) is 102 Å². The molecule has 0 bridgehead atoms. The zero-order valence-electron chi connectivity index (χ0n) is 25.6. The number of ether oxygens (including phenoxy) is 1. The molecule has 1 aliphatic heterocycles. The van der Waals surface area contributed by atoms with Gasteiger partial charge in [0.2, 0.25) is 0 Å². The van der Waals surface area contributed by atoms with Gasteiger partial charge in [-0.3, -0.25) is 10.3 Å². The fraction of sp³-hybridized carbons (Fsp3) is 0.265. The Morgan fingerprint density at radius 1 is 1.09 bits per heavy atom. The van der Waals surface area contributed by atoms with Gasteiger partial charge in [0, 0.05) is 68.1 Å². The maximum absolute atomic E-state index is 13.6. The van der Waals surface area contributed by atoms with Crippen molar-refractivity contribution < 1.29 is 23.0 Å². The third kappa shape index (κ3) is 7.94. The number of sulfone groups is 1. The molecule has 5 aromatic rings. The van der Waals surface area contributed by atoms with E-state index < -0.39 is 9.84 Å². The second kappa shape index (κ2) is 13.8. The van der Waals surface area contributed by atoms with Gasteiger partial charge in [-0.15, -0.1) is 0 Å². The van der Waals surface area contributed by atoms with Crippen LogP contribution in [-0.4, -0.2) is 78.4 Å². The van der Waals surface area contributed by atoms with E-state index in [9.17, 15) is 12.8 Å². The fourth-order valence-electron chi connectivity index (χ4n) is 5.61. The molecule has 1 fully saturated rings. The second-order valence-electron chi connectivity index (χ2n) is 11.6. The van der Waals surface area contributed by atoms with E-state index in [4.69, 9.17) is 10.1 Å². The average molecular weight is 643 g/mol. The van der Waals surface area contributed by atoms with Crippen molar-refractivity contribution in [2.24, 2.45) is 0 Å². The maximum Gasteiger partial charge on any atom is 0.169 e. The highest BCUT2D eigenvalue weighted by Crippen LogP contribution is 2.30. The van der Waals surface area contributed by atoms with Crippen molar-refractivity contribution in [2.45, 2.75) is 19.2 Å². The third-order valence-electron chi connectivity index (χ3n) is 8.00. The molecule has 0 spiro atoms. The van der Waals surface area contributed by atoms with Gasteiger partial charge >= 0.3 is 0 Å². The summed E-state index contributed by atoms with van der Waals surface area (Å²) in [7, 11) is -3.00. The van der Waals surface area contributed by atoms with Crippen molar-refractivity contribution >= 4 is 44.1 Å². The van der Waals surface area contributed by atoms with Gasteiger partial charge in [-0.25, -0.2) is 22.8 Å². The zero-order valence-corrected chi connectivity index (χ0v) is 26.4. The molecular formula is C34H37FN7O3S+. The number of halogens is 1. The first-order valence-corrected chi connectivity index (χ1v) is 17.2. The molecule has 3 heterocycles. The minimum atomic E-state index is -3.00. The molecule has 3 aromatic carbocycles. The minimum Gasteiger partial charge on any atom is -0.380 e. The Bertz CT molecular complexity index is 1960. The van der Waals surface area contributed by atoms with E-state index in [0.29, 0.717) is 38.6 Å². The van der Waals surface area contributed by atoms with Crippen LogP contribution in [0.15, 0.2) is 85.5 Å². The standard InChI is InChI=1S/C34H36FN7O3S/c1-46(43,44)14-12-41-11-13-45-30(21-41)22-42-10-9-26(20-42)25-5-7-33-31(17-25)34(39-23-38-33)40-29-6-8-32(27(16-29)18-36)37-19-24-3-2-4-28(35)15-24/h2-10,15-18,20,23,30,36-37H,11-14,19,21-22H2,1H3,(H,38,39,40)/p+1. The number of nitrogens with two attached hydrogens (primary N) is 1. The zero-order chi connectivity index (χ0) is 32.1. The van der Waals surface area contributed by atoms with Crippen LogP contribution >= 0.6 is 0 Å².